The zero-order valence-electron chi connectivity index (χ0n) is 6.71. The Morgan fingerprint density at radius 2 is 1.55 bits per heavy atom. The smallest absolute Gasteiger partial charge is 0.127 e. The Bertz CT molecular complexity index is 228. The van der Waals surface area contributed by atoms with E-state index >= 15 is 0 Å². The Labute approximate surface area is 75.2 Å². The Hall–Kier alpha value is -0.220. The van der Waals surface area contributed by atoms with Gasteiger partial charge in [-0.3, -0.25) is 0 Å². The van der Waals surface area contributed by atoms with E-state index in [2.05, 4.69) is 16.0 Å². The summed E-state index contributed by atoms with van der Waals surface area (Å²) in [5, 5.41) is 1.84. The fourth-order valence-electron chi connectivity index (χ4n) is 0.660. The maximum absolute atomic E-state index is 4.18. The highest BCUT2D eigenvalue weighted by molar-refractivity contribution is 7.99. The maximum atomic E-state index is 4.18. The van der Waals surface area contributed by atoms with Crippen LogP contribution >= 0.6 is 23.5 Å². The summed E-state index contributed by atoms with van der Waals surface area (Å²) in [5.74, 6) is 0.817. The van der Waals surface area contributed by atoms with Crippen LogP contribution in [0.4, 0.5) is 0 Å². The Morgan fingerprint density at radius 1 is 1.09 bits per heavy atom. The van der Waals surface area contributed by atoms with Gasteiger partial charge in [0.2, 0.25) is 0 Å². The molecular weight excluding hydrogens is 176 g/mol. The largest absolute Gasteiger partial charge is 0.226 e. The van der Waals surface area contributed by atoms with Gasteiger partial charge < -0.3 is 0 Å². The Balaban J connectivity index is 3.02. The van der Waals surface area contributed by atoms with E-state index in [0.29, 0.717) is 0 Å². The van der Waals surface area contributed by atoms with Crippen molar-refractivity contribution in [2.75, 3.05) is 12.5 Å². The summed E-state index contributed by atoms with van der Waals surface area (Å²) in [6, 6.07) is 3.09. The van der Waals surface area contributed by atoms with E-state index in [-0.39, 0.29) is 0 Å². The minimum Gasteiger partial charge on any atom is -0.226 e. The van der Waals surface area contributed by atoms with Crippen LogP contribution in [-0.4, -0.2) is 22.5 Å². The third-order valence-corrected chi connectivity index (χ3v) is 2.29. The number of thioether (sulfide) groups is 2. The molecule has 1 aromatic rings. The van der Waals surface area contributed by atoms with Gasteiger partial charge in [0.25, 0.3) is 0 Å². The molecule has 0 unspecified atom stereocenters. The van der Waals surface area contributed by atoms with Gasteiger partial charge in [0.1, 0.15) is 15.9 Å². The van der Waals surface area contributed by atoms with Crippen molar-refractivity contribution >= 4 is 23.5 Å². The minimum absolute atomic E-state index is 0.817. The summed E-state index contributed by atoms with van der Waals surface area (Å²) < 4.78 is 0. The third-order valence-electron chi connectivity index (χ3n) is 1.13. The fraction of sp³-hybridized carbons (Fsp3) is 0.429. The Kier molecular flexibility index (Phi) is 3.20. The summed E-state index contributed by atoms with van der Waals surface area (Å²) in [5.41, 5.74) is 0. The van der Waals surface area contributed by atoms with E-state index in [1.807, 2.05) is 19.4 Å². The van der Waals surface area contributed by atoms with Crippen LogP contribution in [0.5, 0.6) is 0 Å². The maximum Gasteiger partial charge on any atom is 0.127 e. The van der Waals surface area contributed by atoms with Gasteiger partial charge in [-0.2, -0.15) is 0 Å². The lowest BCUT2D eigenvalue weighted by atomic mass is 10.6. The number of aromatic nitrogens is 2. The molecule has 0 atom stereocenters. The van der Waals surface area contributed by atoms with Crippen LogP contribution in [0, 0.1) is 13.0 Å². The molecule has 0 aliphatic carbocycles. The lowest BCUT2D eigenvalue weighted by molar-refractivity contribution is 0.895. The van der Waals surface area contributed by atoms with Gasteiger partial charge in [-0.1, -0.05) is 0 Å². The molecule has 0 saturated carbocycles. The summed E-state index contributed by atoms with van der Waals surface area (Å²) in [4.78, 5) is 8.37. The predicted molar refractivity (Wildman–Crippen MR) is 49.2 cm³/mol. The first-order valence-electron chi connectivity index (χ1n) is 3.12. The molecule has 1 aromatic heterocycles. The first kappa shape index (κ1) is 8.87. The van der Waals surface area contributed by atoms with Gasteiger partial charge in [-0.25, -0.2) is 9.97 Å². The van der Waals surface area contributed by atoms with E-state index in [0.717, 1.165) is 15.9 Å². The van der Waals surface area contributed by atoms with Crippen LogP contribution in [0.2, 0.25) is 0 Å². The van der Waals surface area contributed by atoms with Gasteiger partial charge in [0.15, 0.2) is 0 Å². The van der Waals surface area contributed by atoms with Crippen LogP contribution in [0.15, 0.2) is 10.1 Å². The molecule has 1 rings (SSSR count). The molecule has 0 bridgehead atoms. The topological polar surface area (TPSA) is 25.8 Å². The van der Waals surface area contributed by atoms with Gasteiger partial charge >= 0.3 is 0 Å². The first-order chi connectivity index (χ1) is 5.26. The van der Waals surface area contributed by atoms with E-state index in [9.17, 15) is 0 Å². The molecule has 0 N–H and O–H groups in total. The molecule has 0 fully saturated rings. The number of rotatable bonds is 2. The lowest BCUT2D eigenvalue weighted by Crippen LogP contribution is -1.91. The number of hydrogen-bond donors (Lipinski definition) is 0. The summed E-state index contributed by atoms with van der Waals surface area (Å²) in [7, 11) is 0. The van der Waals surface area contributed by atoms with Crippen molar-refractivity contribution in [1.29, 1.82) is 0 Å². The van der Waals surface area contributed by atoms with Gasteiger partial charge in [-0.05, 0) is 19.4 Å². The number of nitrogens with zero attached hydrogens (tertiary/aromatic N) is 2. The van der Waals surface area contributed by atoms with E-state index in [1.165, 1.54) is 0 Å². The van der Waals surface area contributed by atoms with E-state index in [1.54, 1.807) is 23.5 Å². The molecule has 0 saturated heterocycles. The van der Waals surface area contributed by atoms with Crippen molar-refractivity contribution in [2.45, 2.75) is 17.0 Å². The second-order valence-corrected chi connectivity index (χ2v) is 3.50. The molecule has 4 heteroatoms. The molecular formula is C7H9N2S2. The van der Waals surface area contributed by atoms with Crippen molar-refractivity contribution < 1.29 is 0 Å². The molecule has 0 aliphatic heterocycles. The Morgan fingerprint density at radius 3 is 1.91 bits per heavy atom. The molecule has 2 nitrogen and oxygen atoms in total. The van der Waals surface area contributed by atoms with Crippen molar-refractivity contribution in [2.24, 2.45) is 0 Å². The molecule has 0 spiro atoms. The first-order valence-corrected chi connectivity index (χ1v) is 5.57. The van der Waals surface area contributed by atoms with Crippen molar-refractivity contribution in [3.63, 3.8) is 0 Å². The lowest BCUT2D eigenvalue weighted by Gasteiger charge is -1.99. The molecule has 59 valence electrons. The number of hydrogen-bond acceptors (Lipinski definition) is 4. The van der Waals surface area contributed by atoms with Crippen LogP contribution in [0.1, 0.15) is 5.82 Å². The third kappa shape index (κ3) is 2.38. The summed E-state index contributed by atoms with van der Waals surface area (Å²) in [6.07, 6.45) is 3.98. The summed E-state index contributed by atoms with van der Waals surface area (Å²) in [6.45, 7) is 1.90. The molecule has 0 aromatic carbocycles. The fourth-order valence-corrected chi connectivity index (χ4v) is 1.57. The molecule has 0 aliphatic rings. The normalized spacial score (nSPS) is 10.1. The quantitative estimate of drug-likeness (QED) is 0.520. The monoisotopic (exact) mass is 185 g/mol. The van der Waals surface area contributed by atoms with Gasteiger partial charge in [-0.15, -0.1) is 23.5 Å². The highest BCUT2D eigenvalue weighted by Gasteiger charge is 1.99. The van der Waals surface area contributed by atoms with Crippen LogP contribution in [0.3, 0.4) is 0 Å². The highest BCUT2D eigenvalue weighted by Crippen LogP contribution is 2.17. The van der Waals surface area contributed by atoms with Gasteiger partial charge in [0.05, 0.1) is 6.07 Å². The molecule has 1 heterocycles. The second kappa shape index (κ2) is 3.97. The molecule has 11 heavy (non-hydrogen) atoms. The van der Waals surface area contributed by atoms with Crippen molar-refractivity contribution in [3.05, 3.63) is 11.9 Å². The average Bonchev–Trinajstić information content (AvgIpc) is 2.03. The molecule has 1 radical (unpaired) electrons. The van der Waals surface area contributed by atoms with Crippen LogP contribution in [-0.2, 0) is 0 Å². The van der Waals surface area contributed by atoms with E-state index in [4.69, 9.17) is 0 Å². The van der Waals surface area contributed by atoms with Gasteiger partial charge in [0, 0.05) is 0 Å². The van der Waals surface area contributed by atoms with Crippen LogP contribution in [0.25, 0.3) is 0 Å². The van der Waals surface area contributed by atoms with Crippen LogP contribution < -0.4 is 0 Å². The predicted octanol–water partition coefficient (Wildman–Crippen LogP) is 2.03. The number of aryl methyl sites for hydroxylation is 1. The van der Waals surface area contributed by atoms with E-state index < -0.39 is 0 Å². The average molecular weight is 185 g/mol. The van der Waals surface area contributed by atoms with Crippen molar-refractivity contribution in [1.82, 2.24) is 9.97 Å². The zero-order valence-corrected chi connectivity index (χ0v) is 8.34. The second-order valence-electron chi connectivity index (χ2n) is 1.91. The SMILES string of the molecule is CSc1[c]c(SC)nc(C)n1. The van der Waals surface area contributed by atoms with Crippen molar-refractivity contribution in [3.8, 4) is 0 Å². The zero-order chi connectivity index (χ0) is 8.27. The standard InChI is InChI=1S/C7H9N2S2/c1-5-8-6(10-2)4-7(9-5)11-3/h1-3H3. The highest BCUT2D eigenvalue weighted by atomic mass is 32.2. The molecule has 0 amide bonds. The summed E-state index contributed by atoms with van der Waals surface area (Å²) >= 11 is 3.18. The minimum atomic E-state index is 0.817.